The van der Waals surface area contributed by atoms with E-state index in [1.54, 1.807) is 14.2 Å². The van der Waals surface area contributed by atoms with Gasteiger partial charge in [-0.3, -0.25) is 9.36 Å². The smallest absolute Gasteiger partial charge is 0.256 e. The van der Waals surface area contributed by atoms with Gasteiger partial charge in [-0.2, -0.15) is 0 Å². The SMILES string of the molecule is COc1ccc(CN2C(=O)c3ccccc3C2n2c(=S)[nH]c3ccccc32)cc1OC. The number of ether oxygens (including phenoxy) is 2. The molecule has 0 radical (unpaired) electrons. The molecule has 1 unspecified atom stereocenters. The molecule has 1 aromatic heterocycles. The molecule has 3 aromatic carbocycles. The maximum absolute atomic E-state index is 13.4. The van der Waals surface area contributed by atoms with Gasteiger partial charge >= 0.3 is 0 Å². The fourth-order valence-corrected chi connectivity index (χ4v) is 4.59. The molecular formula is C24H21N3O3S. The number of benzene rings is 3. The second-order valence-electron chi connectivity index (χ2n) is 7.40. The van der Waals surface area contributed by atoms with Gasteiger partial charge in [0.2, 0.25) is 0 Å². The largest absolute Gasteiger partial charge is 0.493 e. The molecule has 156 valence electrons. The average molecular weight is 432 g/mol. The molecule has 0 spiro atoms. The number of nitrogens with one attached hydrogen (secondary N) is 1. The lowest BCUT2D eigenvalue weighted by molar-refractivity contribution is 0.0685. The molecule has 1 atom stereocenters. The van der Waals surface area contributed by atoms with Crippen molar-refractivity contribution in [1.29, 1.82) is 0 Å². The van der Waals surface area contributed by atoms with Crippen LogP contribution >= 0.6 is 12.2 Å². The second-order valence-corrected chi connectivity index (χ2v) is 7.79. The Labute approximate surface area is 184 Å². The van der Waals surface area contributed by atoms with Crippen molar-refractivity contribution in [2.24, 2.45) is 0 Å². The van der Waals surface area contributed by atoms with E-state index in [-0.39, 0.29) is 12.1 Å². The van der Waals surface area contributed by atoms with Crippen molar-refractivity contribution in [3.63, 3.8) is 0 Å². The Balaban J connectivity index is 1.65. The number of H-pyrrole nitrogens is 1. The minimum atomic E-state index is -0.347. The van der Waals surface area contributed by atoms with Crippen molar-refractivity contribution < 1.29 is 14.3 Å². The van der Waals surface area contributed by atoms with Crippen LogP contribution < -0.4 is 9.47 Å². The first kappa shape index (κ1) is 19.4. The van der Waals surface area contributed by atoms with E-state index in [2.05, 4.69) is 4.98 Å². The van der Waals surface area contributed by atoms with E-state index in [9.17, 15) is 4.79 Å². The van der Waals surface area contributed by atoms with Gasteiger partial charge in [-0.05, 0) is 48.1 Å². The van der Waals surface area contributed by atoms with E-state index in [1.165, 1.54) is 0 Å². The molecular weight excluding hydrogens is 410 g/mol. The van der Waals surface area contributed by atoms with Crippen LogP contribution in [-0.4, -0.2) is 34.6 Å². The van der Waals surface area contributed by atoms with Gasteiger partial charge in [0, 0.05) is 17.7 Å². The maximum atomic E-state index is 13.4. The minimum Gasteiger partial charge on any atom is -0.493 e. The summed E-state index contributed by atoms with van der Waals surface area (Å²) in [6.45, 7) is 0.403. The van der Waals surface area contributed by atoms with Crippen molar-refractivity contribution in [2.45, 2.75) is 12.7 Å². The zero-order valence-electron chi connectivity index (χ0n) is 17.2. The fourth-order valence-electron chi connectivity index (χ4n) is 4.28. The zero-order chi connectivity index (χ0) is 21.5. The molecule has 0 saturated carbocycles. The summed E-state index contributed by atoms with van der Waals surface area (Å²) in [4.78, 5) is 18.6. The van der Waals surface area contributed by atoms with Crippen molar-refractivity contribution in [3.8, 4) is 11.5 Å². The van der Waals surface area contributed by atoms with Crippen LogP contribution in [0.15, 0.2) is 66.7 Å². The van der Waals surface area contributed by atoms with Crippen LogP contribution in [0.2, 0.25) is 0 Å². The van der Waals surface area contributed by atoms with Gasteiger partial charge in [0.05, 0.1) is 25.3 Å². The Morgan fingerprint density at radius 3 is 2.52 bits per heavy atom. The van der Waals surface area contributed by atoms with E-state index in [0.29, 0.717) is 28.4 Å². The Hall–Kier alpha value is -3.58. The first-order valence-corrected chi connectivity index (χ1v) is 10.3. The quantitative estimate of drug-likeness (QED) is 0.456. The number of carbonyl (C=O) groups is 1. The first-order valence-electron chi connectivity index (χ1n) is 9.92. The van der Waals surface area contributed by atoms with Crippen molar-refractivity contribution in [3.05, 3.63) is 88.2 Å². The standard InChI is InChI=1S/C24H21N3O3S/c1-29-20-12-11-15(13-21(20)30-2)14-26-22(16-7-3-4-8-17(16)23(26)28)27-19-10-6-5-9-18(19)25-24(27)31/h3-13,22H,14H2,1-2H3,(H,25,31). The van der Waals surface area contributed by atoms with Gasteiger partial charge in [-0.15, -0.1) is 0 Å². The Morgan fingerprint density at radius 1 is 0.968 bits per heavy atom. The van der Waals surface area contributed by atoms with Gasteiger partial charge < -0.3 is 19.4 Å². The highest BCUT2D eigenvalue weighted by atomic mass is 32.1. The molecule has 0 bridgehead atoms. The van der Waals surface area contributed by atoms with Crippen molar-refractivity contribution in [1.82, 2.24) is 14.5 Å². The van der Waals surface area contributed by atoms with E-state index in [0.717, 1.165) is 22.2 Å². The first-order chi connectivity index (χ1) is 15.1. The molecule has 7 heteroatoms. The summed E-state index contributed by atoms with van der Waals surface area (Å²) in [6.07, 6.45) is -0.347. The molecule has 2 heterocycles. The van der Waals surface area contributed by atoms with Gasteiger partial charge in [0.25, 0.3) is 5.91 Å². The van der Waals surface area contributed by atoms with Gasteiger partial charge in [-0.25, -0.2) is 0 Å². The van der Waals surface area contributed by atoms with Crippen LogP contribution in [0.4, 0.5) is 0 Å². The lowest BCUT2D eigenvalue weighted by Crippen LogP contribution is -2.31. The number of methoxy groups -OCH3 is 2. The molecule has 0 fully saturated rings. The zero-order valence-corrected chi connectivity index (χ0v) is 18.0. The third-order valence-electron chi connectivity index (χ3n) is 5.69. The summed E-state index contributed by atoms with van der Waals surface area (Å²) in [5, 5.41) is 0. The van der Waals surface area contributed by atoms with Crippen LogP contribution in [0.5, 0.6) is 11.5 Å². The minimum absolute atomic E-state index is 0.0254. The predicted octanol–water partition coefficient (Wildman–Crippen LogP) is 4.92. The van der Waals surface area contributed by atoms with E-state index >= 15 is 0 Å². The number of carbonyl (C=O) groups excluding carboxylic acids is 1. The highest BCUT2D eigenvalue weighted by molar-refractivity contribution is 7.71. The molecule has 1 aliphatic rings. The number of rotatable bonds is 5. The Morgan fingerprint density at radius 2 is 1.71 bits per heavy atom. The Kier molecular flexibility index (Phi) is 4.75. The number of aromatic amines is 1. The number of hydrogen-bond acceptors (Lipinski definition) is 4. The van der Waals surface area contributed by atoms with E-state index in [4.69, 9.17) is 21.7 Å². The average Bonchev–Trinajstić information content (AvgIpc) is 3.27. The molecule has 31 heavy (non-hydrogen) atoms. The summed E-state index contributed by atoms with van der Waals surface area (Å²) in [5.41, 5.74) is 4.47. The predicted molar refractivity (Wildman–Crippen MR) is 121 cm³/mol. The van der Waals surface area contributed by atoms with E-state index < -0.39 is 0 Å². The summed E-state index contributed by atoms with van der Waals surface area (Å²) in [7, 11) is 3.21. The molecule has 0 saturated heterocycles. The third kappa shape index (κ3) is 3.09. The summed E-state index contributed by atoms with van der Waals surface area (Å²) >= 11 is 5.68. The lowest BCUT2D eigenvalue weighted by atomic mass is 10.1. The van der Waals surface area contributed by atoms with Crippen molar-refractivity contribution in [2.75, 3.05) is 14.2 Å². The monoisotopic (exact) mass is 431 g/mol. The highest BCUT2D eigenvalue weighted by Crippen LogP contribution is 2.38. The normalized spacial score (nSPS) is 15.4. The molecule has 1 amide bonds. The number of para-hydroxylation sites is 2. The molecule has 6 nitrogen and oxygen atoms in total. The van der Waals surface area contributed by atoms with Gasteiger partial charge in [0.15, 0.2) is 16.3 Å². The lowest BCUT2D eigenvalue weighted by Gasteiger charge is -2.27. The number of fused-ring (bicyclic) bond motifs is 2. The highest BCUT2D eigenvalue weighted by Gasteiger charge is 2.38. The molecule has 0 aliphatic carbocycles. The molecule has 1 aliphatic heterocycles. The van der Waals surface area contributed by atoms with Crippen LogP contribution in [0.1, 0.15) is 27.7 Å². The third-order valence-corrected chi connectivity index (χ3v) is 5.99. The van der Waals surface area contributed by atoms with Crippen LogP contribution in [0.25, 0.3) is 11.0 Å². The molecule has 4 aromatic rings. The fraction of sp³-hybridized carbons (Fsp3) is 0.167. The summed E-state index contributed by atoms with van der Waals surface area (Å²) in [5.74, 6) is 1.25. The number of nitrogens with zero attached hydrogens (tertiary/aromatic N) is 2. The van der Waals surface area contributed by atoms with E-state index in [1.807, 2.05) is 76.2 Å². The summed E-state index contributed by atoms with van der Waals surface area (Å²) < 4.78 is 13.4. The number of aromatic nitrogens is 2. The number of imidazole rings is 1. The number of amides is 1. The van der Waals surface area contributed by atoms with Crippen LogP contribution in [0, 0.1) is 4.77 Å². The maximum Gasteiger partial charge on any atom is 0.256 e. The number of hydrogen-bond donors (Lipinski definition) is 1. The van der Waals surface area contributed by atoms with Crippen molar-refractivity contribution >= 4 is 29.2 Å². The molecule has 1 N–H and O–H groups in total. The summed E-state index contributed by atoms with van der Waals surface area (Å²) in [6, 6.07) is 21.4. The second kappa shape index (κ2) is 7.59. The van der Waals surface area contributed by atoms with Gasteiger partial charge in [-0.1, -0.05) is 36.4 Å². The van der Waals surface area contributed by atoms with Gasteiger partial charge in [0.1, 0.15) is 6.17 Å². The topological polar surface area (TPSA) is 59.5 Å². The Bertz CT molecular complexity index is 1360. The molecule has 5 rings (SSSR count). The van der Waals surface area contributed by atoms with Crippen LogP contribution in [0.3, 0.4) is 0 Å². The van der Waals surface area contributed by atoms with Crippen LogP contribution in [-0.2, 0) is 6.54 Å².